The van der Waals surface area contributed by atoms with Gasteiger partial charge in [-0.1, -0.05) is 0 Å². The lowest BCUT2D eigenvalue weighted by atomic mass is 10.2. The Balaban J connectivity index is 2.16. The van der Waals surface area contributed by atoms with Crippen molar-refractivity contribution in [2.24, 2.45) is 16.5 Å². The lowest BCUT2D eigenvalue weighted by molar-refractivity contribution is 0.100. The maximum atomic E-state index is 11.8. The predicted octanol–water partition coefficient (Wildman–Crippen LogP) is 1.98. The third kappa shape index (κ3) is 3.26. The van der Waals surface area contributed by atoms with E-state index in [2.05, 4.69) is 15.0 Å². The first-order valence-electron chi connectivity index (χ1n) is 8.27. The van der Waals surface area contributed by atoms with E-state index in [0.717, 1.165) is 5.69 Å². The van der Waals surface area contributed by atoms with Gasteiger partial charge in [0.2, 0.25) is 0 Å². The number of fused-ring (bicyclic) bond motifs is 1. The van der Waals surface area contributed by atoms with Crippen molar-refractivity contribution in [1.29, 1.82) is 0 Å². The van der Waals surface area contributed by atoms with Gasteiger partial charge >= 0.3 is 0 Å². The molecule has 5 N–H and O–H groups in total. The Morgan fingerprint density at radius 1 is 1.41 bits per heavy atom. The van der Waals surface area contributed by atoms with Crippen molar-refractivity contribution in [3.05, 3.63) is 53.3 Å². The minimum Gasteiger partial charge on any atom is -0.504 e. The molecule has 0 aliphatic carbocycles. The number of pyridine rings is 1. The molecule has 1 amide bonds. The van der Waals surface area contributed by atoms with Crippen molar-refractivity contribution in [2.75, 3.05) is 6.54 Å². The van der Waals surface area contributed by atoms with Gasteiger partial charge in [-0.3, -0.25) is 19.3 Å². The summed E-state index contributed by atoms with van der Waals surface area (Å²) in [5.74, 6) is -0.255. The minimum absolute atomic E-state index is 0.108. The molecule has 3 heterocycles. The Bertz CT molecular complexity index is 1090. The molecule has 0 fully saturated rings. The third-order valence-electron chi connectivity index (χ3n) is 3.95. The average molecular weight is 368 g/mol. The maximum absolute atomic E-state index is 11.8. The van der Waals surface area contributed by atoms with Crippen LogP contribution in [0.15, 0.2) is 45.6 Å². The van der Waals surface area contributed by atoms with Gasteiger partial charge in [0.15, 0.2) is 17.3 Å². The molecule has 3 aromatic rings. The van der Waals surface area contributed by atoms with Crippen molar-refractivity contribution in [1.82, 2.24) is 14.5 Å². The highest BCUT2D eigenvalue weighted by Gasteiger charge is 2.20. The van der Waals surface area contributed by atoms with Crippen LogP contribution in [0.25, 0.3) is 16.7 Å². The Morgan fingerprint density at radius 3 is 2.78 bits per heavy atom. The SMILES string of the molecule is CCN=C(/C(O)=C(/C)N)c1nc(-n2cc(C(N)=O)c3cc(C)ncc32)co1. The van der Waals surface area contributed by atoms with E-state index in [1.54, 1.807) is 30.0 Å². The van der Waals surface area contributed by atoms with Gasteiger partial charge in [0, 0.05) is 29.5 Å². The van der Waals surface area contributed by atoms with E-state index in [4.69, 9.17) is 15.9 Å². The molecule has 3 rings (SSSR count). The fraction of sp³-hybridized carbons (Fsp3) is 0.222. The fourth-order valence-corrected chi connectivity index (χ4v) is 2.69. The second kappa shape index (κ2) is 6.94. The van der Waals surface area contributed by atoms with Crippen LogP contribution in [0.1, 0.15) is 35.8 Å². The van der Waals surface area contributed by atoms with Crippen LogP contribution in [-0.4, -0.2) is 37.8 Å². The molecule has 9 heteroatoms. The third-order valence-corrected chi connectivity index (χ3v) is 3.95. The van der Waals surface area contributed by atoms with Gasteiger partial charge in [-0.2, -0.15) is 4.98 Å². The summed E-state index contributed by atoms with van der Waals surface area (Å²) < 4.78 is 7.15. The number of rotatable bonds is 5. The molecule has 0 aliphatic heterocycles. The number of hydrogen-bond donors (Lipinski definition) is 3. The van der Waals surface area contributed by atoms with Crippen LogP contribution < -0.4 is 11.5 Å². The van der Waals surface area contributed by atoms with Crippen LogP contribution >= 0.6 is 0 Å². The lowest BCUT2D eigenvalue weighted by Crippen LogP contribution is -2.12. The Hall–Kier alpha value is -3.62. The minimum atomic E-state index is -0.555. The largest absolute Gasteiger partial charge is 0.504 e. The van der Waals surface area contributed by atoms with Crippen LogP contribution in [0, 0.1) is 6.92 Å². The van der Waals surface area contributed by atoms with E-state index >= 15 is 0 Å². The fourth-order valence-electron chi connectivity index (χ4n) is 2.69. The number of hydrogen-bond acceptors (Lipinski definition) is 7. The summed E-state index contributed by atoms with van der Waals surface area (Å²) in [4.78, 5) is 24.7. The number of nitrogens with zero attached hydrogens (tertiary/aromatic N) is 4. The van der Waals surface area contributed by atoms with Gasteiger partial charge in [0.1, 0.15) is 6.26 Å². The zero-order chi connectivity index (χ0) is 19.7. The molecule has 0 radical (unpaired) electrons. The van der Waals surface area contributed by atoms with Crippen LogP contribution in [0.2, 0.25) is 0 Å². The molecule has 0 spiro atoms. The molecule has 0 aromatic carbocycles. The van der Waals surface area contributed by atoms with E-state index in [-0.39, 0.29) is 23.1 Å². The Labute approximate surface area is 155 Å². The van der Waals surface area contributed by atoms with E-state index in [1.165, 1.54) is 6.26 Å². The second-order valence-corrected chi connectivity index (χ2v) is 5.99. The standard InChI is InChI=1S/C18H20N6O3/c1-4-21-15(16(25)10(3)19)18-23-14(8-27-18)24-7-12(17(20)26)11-5-9(2)22-6-13(11)24/h5-8,25H,4,19H2,1-3H3,(H2,20,26)/b16-10+,21-15?. The number of nitrogens with two attached hydrogens (primary N) is 2. The molecule has 3 aromatic heterocycles. The van der Waals surface area contributed by atoms with Gasteiger partial charge in [-0.25, -0.2) is 0 Å². The number of carbonyl (C=O) groups excluding carboxylic acids is 1. The Kier molecular flexibility index (Phi) is 4.68. The summed E-state index contributed by atoms with van der Waals surface area (Å²) in [7, 11) is 0. The number of aromatic nitrogens is 3. The highest BCUT2D eigenvalue weighted by molar-refractivity contribution is 6.09. The Morgan fingerprint density at radius 2 is 2.15 bits per heavy atom. The van der Waals surface area contributed by atoms with Gasteiger partial charge in [-0.05, 0) is 26.8 Å². The van der Waals surface area contributed by atoms with Gasteiger partial charge in [-0.15, -0.1) is 0 Å². The molecular weight excluding hydrogens is 348 g/mol. The first-order chi connectivity index (χ1) is 12.8. The molecule has 0 saturated heterocycles. The summed E-state index contributed by atoms with van der Waals surface area (Å²) in [6.45, 7) is 5.60. The smallest absolute Gasteiger partial charge is 0.250 e. The van der Waals surface area contributed by atoms with Crippen molar-refractivity contribution in [3.8, 4) is 5.82 Å². The monoisotopic (exact) mass is 368 g/mol. The number of aliphatic imine (C=N–C) groups is 1. The maximum Gasteiger partial charge on any atom is 0.250 e. The molecule has 27 heavy (non-hydrogen) atoms. The number of primary amides is 1. The number of oxazole rings is 1. The molecule has 140 valence electrons. The topological polar surface area (TPSA) is 146 Å². The summed E-state index contributed by atoms with van der Waals surface area (Å²) >= 11 is 0. The number of carbonyl (C=O) groups is 1. The van der Waals surface area contributed by atoms with Crippen LogP contribution in [0.5, 0.6) is 0 Å². The summed E-state index contributed by atoms with van der Waals surface area (Å²) in [6.07, 6.45) is 4.61. The highest BCUT2D eigenvalue weighted by atomic mass is 16.3. The first-order valence-corrected chi connectivity index (χ1v) is 8.27. The summed E-state index contributed by atoms with van der Waals surface area (Å²) in [5.41, 5.74) is 13.3. The molecule has 0 bridgehead atoms. The van der Waals surface area contributed by atoms with Crippen LogP contribution in [0.4, 0.5) is 0 Å². The molecule has 0 saturated carbocycles. The van der Waals surface area contributed by atoms with Crippen LogP contribution in [0.3, 0.4) is 0 Å². The predicted molar refractivity (Wildman–Crippen MR) is 101 cm³/mol. The number of allylic oxidation sites excluding steroid dienone is 2. The van der Waals surface area contributed by atoms with Crippen molar-refractivity contribution >= 4 is 22.5 Å². The highest BCUT2D eigenvalue weighted by Crippen LogP contribution is 2.25. The first kappa shape index (κ1) is 18.2. The van der Waals surface area contributed by atoms with Gasteiger partial charge in [0.25, 0.3) is 11.8 Å². The van der Waals surface area contributed by atoms with E-state index < -0.39 is 5.91 Å². The number of aliphatic hydroxyl groups excluding tert-OH is 1. The zero-order valence-corrected chi connectivity index (χ0v) is 15.2. The lowest BCUT2D eigenvalue weighted by Gasteiger charge is -2.03. The second-order valence-electron chi connectivity index (χ2n) is 5.99. The molecule has 0 unspecified atom stereocenters. The summed E-state index contributed by atoms with van der Waals surface area (Å²) in [6, 6.07) is 1.78. The molecule has 9 nitrogen and oxygen atoms in total. The molecule has 0 aliphatic rings. The molecule has 0 atom stereocenters. The summed E-state index contributed by atoms with van der Waals surface area (Å²) in [5, 5.41) is 10.8. The van der Waals surface area contributed by atoms with Gasteiger partial charge in [0.05, 0.1) is 17.3 Å². The zero-order valence-electron chi connectivity index (χ0n) is 15.2. The number of aryl methyl sites for hydroxylation is 1. The van der Waals surface area contributed by atoms with Crippen molar-refractivity contribution < 1.29 is 14.3 Å². The van der Waals surface area contributed by atoms with Crippen molar-refractivity contribution in [3.63, 3.8) is 0 Å². The normalized spacial score (nSPS) is 13.1. The van der Waals surface area contributed by atoms with Crippen LogP contribution in [-0.2, 0) is 0 Å². The van der Waals surface area contributed by atoms with E-state index in [9.17, 15) is 9.90 Å². The number of aliphatic hydroxyl groups is 1. The quantitative estimate of drug-likeness (QED) is 0.463. The average Bonchev–Trinajstić information content (AvgIpc) is 3.23. The van der Waals surface area contributed by atoms with E-state index in [1.807, 2.05) is 13.8 Å². The number of amides is 1. The van der Waals surface area contributed by atoms with Gasteiger partial charge < -0.3 is 21.0 Å². The molecular formula is C18H20N6O3. The van der Waals surface area contributed by atoms with E-state index in [0.29, 0.717) is 28.8 Å². The van der Waals surface area contributed by atoms with Crippen molar-refractivity contribution in [2.45, 2.75) is 20.8 Å².